The highest BCUT2D eigenvalue weighted by Gasteiger charge is 2.37. The van der Waals surface area contributed by atoms with Crippen molar-refractivity contribution in [3.05, 3.63) is 42.2 Å². The van der Waals surface area contributed by atoms with Gasteiger partial charge in [-0.25, -0.2) is 13.1 Å². The van der Waals surface area contributed by atoms with Crippen molar-refractivity contribution in [3.63, 3.8) is 0 Å². The summed E-state index contributed by atoms with van der Waals surface area (Å²) in [4.78, 5) is 0.342. The van der Waals surface area contributed by atoms with E-state index in [0.29, 0.717) is 17.1 Å². The van der Waals surface area contributed by atoms with Crippen LogP contribution >= 0.6 is 0 Å². The Morgan fingerprint density at radius 3 is 2.46 bits per heavy atom. The van der Waals surface area contributed by atoms with Gasteiger partial charge >= 0.3 is 0 Å². The van der Waals surface area contributed by atoms with Crippen LogP contribution in [0, 0.1) is 0 Å². The molecule has 1 unspecified atom stereocenters. The van der Waals surface area contributed by atoms with Crippen molar-refractivity contribution in [1.82, 2.24) is 14.1 Å². The van der Waals surface area contributed by atoms with Gasteiger partial charge in [0.05, 0.1) is 17.6 Å². The van der Waals surface area contributed by atoms with Gasteiger partial charge in [0.25, 0.3) is 0 Å². The first-order valence-corrected chi connectivity index (χ1v) is 10.9. The van der Waals surface area contributed by atoms with E-state index in [9.17, 15) is 8.42 Å². The minimum atomic E-state index is -3.57. The molecule has 2 heterocycles. The SMILES string of the molecule is CCC1CCCCN1S(=O)(=O)c1cn(-c2ccccc2)nc1C(C)(C)C. The number of para-hydroxylation sites is 1. The summed E-state index contributed by atoms with van der Waals surface area (Å²) in [5.74, 6) is 0. The van der Waals surface area contributed by atoms with Gasteiger partial charge in [-0.05, 0) is 31.4 Å². The Hall–Kier alpha value is -1.66. The molecule has 142 valence electrons. The molecule has 0 amide bonds. The zero-order chi connectivity index (χ0) is 18.9. The van der Waals surface area contributed by atoms with E-state index in [2.05, 4.69) is 12.0 Å². The van der Waals surface area contributed by atoms with Gasteiger partial charge in [0.15, 0.2) is 0 Å². The summed E-state index contributed by atoms with van der Waals surface area (Å²) in [5.41, 5.74) is 1.13. The van der Waals surface area contributed by atoms with E-state index in [0.717, 1.165) is 31.4 Å². The Morgan fingerprint density at radius 1 is 1.15 bits per heavy atom. The maximum Gasteiger partial charge on any atom is 0.246 e. The molecule has 1 atom stereocenters. The smallest absolute Gasteiger partial charge is 0.239 e. The molecule has 5 nitrogen and oxygen atoms in total. The Morgan fingerprint density at radius 2 is 1.85 bits per heavy atom. The number of benzene rings is 1. The topological polar surface area (TPSA) is 55.2 Å². The molecule has 1 aromatic heterocycles. The molecule has 0 spiro atoms. The average molecular weight is 376 g/mol. The van der Waals surface area contributed by atoms with E-state index < -0.39 is 10.0 Å². The summed E-state index contributed by atoms with van der Waals surface area (Å²) < 4.78 is 30.5. The molecule has 0 bridgehead atoms. The molecule has 6 heteroatoms. The van der Waals surface area contributed by atoms with Crippen LogP contribution in [0.25, 0.3) is 5.69 Å². The third kappa shape index (κ3) is 3.58. The maximum absolute atomic E-state index is 13.5. The Kier molecular flexibility index (Phi) is 5.26. The Bertz CT molecular complexity index is 851. The predicted molar refractivity (Wildman–Crippen MR) is 104 cm³/mol. The minimum absolute atomic E-state index is 0.0849. The zero-order valence-electron chi connectivity index (χ0n) is 16.1. The monoisotopic (exact) mass is 375 g/mol. The van der Waals surface area contributed by atoms with Crippen LogP contribution in [0.4, 0.5) is 0 Å². The molecular weight excluding hydrogens is 346 g/mol. The maximum atomic E-state index is 13.5. The molecule has 3 rings (SSSR count). The fourth-order valence-corrected chi connectivity index (χ4v) is 5.70. The van der Waals surface area contributed by atoms with Gasteiger partial charge in [0, 0.05) is 18.0 Å². The third-order valence-corrected chi connectivity index (χ3v) is 7.00. The van der Waals surface area contributed by atoms with Gasteiger partial charge < -0.3 is 0 Å². The lowest BCUT2D eigenvalue weighted by Gasteiger charge is -2.34. The summed E-state index contributed by atoms with van der Waals surface area (Å²) in [6.45, 7) is 8.70. The van der Waals surface area contributed by atoms with Crippen molar-refractivity contribution in [2.75, 3.05) is 6.54 Å². The van der Waals surface area contributed by atoms with Gasteiger partial charge in [0.1, 0.15) is 4.90 Å². The van der Waals surface area contributed by atoms with Gasteiger partial charge in [-0.1, -0.05) is 52.3 Å². The predicted octanol–water partition coefficient (Wildman–Crippen LogP) is 4.12. The molecule has 1 saturated heterocycles. The molecule has 26 heavy (non-hydrogen) atoms. The van der Waals surface area contributed by atoms with Crippen molar-refractivity contribution < 1.29 is 8.42 Å². The summed E-state index contributed by atoms with van der Waals surface area (Å²) in [6, 6.07) is 9.76. The van der Waals surface area contributed by atoms with Gasteiger partial charge in [0.2, 0.25) is 10.0 Å². The van der Waals surface area contributed by atoms with Crippen LogP contribution in [0.15, 0.2) is 41.4 Å². The van der Waals surface area contributed by atoms with E-state index in [-0.39, 0.29) is 11.5 Å². The molecule has 1 aliphatic heterocycles. The van der Waals surface area contributed by atoms with E-state index in [4.69, 9.17) is 0 Å². The molecule has 0 aliphatic carbocycles. The van der Waals surface area contributed by atoms with Crippen LogP contribution in [0.2, 0.25) is 0 Å². The second-order valence-electron chi connectivity index (χ2n) is 8.05. The van der Waals surface area contributed by atoms with E-state index in [1.165, 1.54) is 0 Å². The normalized spacial score (nSPS) is 19.6. The Balaban J connectivity index is 2.12. The molecule has 0 radical (unpaired) electrons. The van der Waals surface area contributed by atoms with Gasteiger partial charge in [-0.3, -0.25) is 0 Å². The zero-order valence-corrected chi connectivity index (χ0v) is 17.0. The summed E-state index contributed by atoms with van der Waals surface area (Å²) >= 11 is 0. The van der Waals surface area contributed by atoms with Crippen molar-refractivity contribution in [3.8, 4) is 5.69 Å². The van der Waals surface area contributed by atoms with Crippen LogP contribution < -0.4 is 0 Å². The fraction of sp³-hybridized carbons (Fsp3) is 0.550. The molecular formula is C20H29N3O2S. The highest BCUT2D eigenvalue weighted by Crippen LogP contribution is 2.33. The van der Waals surface area contributed by atoms with E-state index >= 15 is 0 Å². The minimum Gasteiger partial charge on any atom is -0.239 e. The molecule has 2 aromatic rings. The van der Waals surface area contributed by atoms with Gasteiger partial charge in [-0.2, -0.15) is 9.40 Å². The second kappa shape index (κ2) is 7.16. The van der Waals surface area contributed by atoms with E-state index in [1.54, 1.807) is 15.2 Å². The van der Waals surface area contributed by atoms with Crippen LogP contribution in [0.5, 0.6) is 0 Å². The summed E-state index contributed by atoms with van der Waals surface area (Å²) in [7, 11) is -3.57. The Labute approximate surface area is 157 Å². The molecule has 0 saturated carbocycles. The number of piperidine rings is 1. The first-order chi connectivity index (χ1) is 12.2. The summed E-state index contributed by atoms with van der Waals surface area (Å²) in [6.07, 6.45) is 5.49. The number of sulfonamides is 1. The molecule has 1 aliphatic rings. The lowest BCUT2D eigenvalue weighted by atomic mass is 9.92. The highest BCUT2D eigenvalue weighted by atomic mass is 32.2. The van der Waals surface area contributed by atoms with Crippen LogP contribution in [0.1, 0.15) is 59.1 Å². The van der Waals surface area contributed by atoms with Crippen LogP contribution in [-0.4, -0.2) is 35.1 Å². The number of aromatic nitrogens is 2. The lowest BCUT2D eigenvalue weighted by molar-refractivity contribution is 0.246. The fourth-order valence-electron chi connectivity index (χ4n) is 3.60. The van der Waals surface area contributed by atoms with Crippen molar-refractivity contribution in [2.24, 2.45) is 0 Å². The van der Waals surface area contributed by atoms with E-state index in [1.807, 2.05) is 51.1 Å². The molecule has 0 N–H and O–H groups in total. The average Bonchev–Trinajstić information content (AvgIpc) is 3.09. The number of rotatable bonds is 4. The quantitative estimate of drug-likeness (QED) is 0.807. The van der Waals surface area contributed by atoms with Crippen molar-refractivity contribution in [1.29, 1.82) is 0 Å². The first-order valence-electron chi connectivity index (χ1n) is 9.42. The standard InChI is InChI=1S/C20H29N3O2S/c1-5-16-11-9-10-14-23(16)26(24,25)18-15-22(17-12-7-6-8-13-17)21-19(18)20(2,3)4/h6-8,12-13,15-16H,5,9-11,14H2,1-4H3. The van der Waals surface area contributed by atoms with Crippen molar-refractivity contribution in [2.45, 2.75) is 69.7 Å². The number of nitrogens with zero attached hydrogens (tertiary/aromatic N) is 3. The van der Waals surface area contributed by atoms with Crippen LogP contribution in [0.3, 0.4) is 0 Å². The number of hydrogen-bond donors (Lipinski definition) is 0. The second-order valence-corrected chi connectivity index (χ2v) is 9.90. The lowest BCUT2D eigenvalue weighted by Crippen LogP contribution is -2.43. The summed E-state index contributed by atoms with van der Waals surface area (Å²) in [5, 5.41) is 4.67. The number of hydrogen-bond acceptors (Lipinski definition) is 3. The molecule has 1 aromatic carbocycles. The third-order valence-electron chi connectivity index (χ3n) is 5.04. The van der Waals surface area contributed by atoms with Crippen molar-refractivity contribution >= 4 is 10.0 Å². The largest absolute Gasteiger partial charge is 0.246 e. The van der Waals surface area contributed by atoms with Crippen LogP contribution in [-0.2, 0) is 15.4 Å². The first kappa shape index (κ1) is 19.1. The van der Waals surface area contributed by atoms with Gasteiger partial charge in [-0.15, -0.1) is 0 Å². The molecule has 1 fully saturated rings. The highest BCUT2D eigenvalue weighted by molar-refractivity contribution is 7.89.